The highest BCUT2D eigenvalue weighted by atomic mass is 16.2. The van der Waals surface area contributed by atoms with Crippen molar-refractivity contribution in [2.24, 2.45) is 0 Å². The summed E-state index contributed by atoms with van der Waals surface area (Å²) in [5.41, 5.74) is 1.23. The Hall–Kier alpha value is -3.48. The normalized spacial score (nSPS) is 10.4. The van der Waals surface area contributed by atoms with E-state index in [1.807, 2.05) is 48.1 Å². The van der Waals surface area contributed by atoms with Crippen LogP contribution in [-0.2, 0) is 4.79 Å². The minimum absolute atomic E-state index is 0.0756. The predicted octanol–water partition coefficient (Wildman–Crippen LogP) is 2.29. The molecule has 3 rings (SSSR count). The molecule has 7 heteroatoms. The average molecular weight is 349 g/mol. The Bertz CT molecular complexity index is 904. The number of anilines is 1. The molecule has 0 aliphatic carbocycles. The van der Waals surface area contributed by atoms with Gasteiger partial charge in [0.05, 0.1) is 12.1 Å². The maximum Gasteiger partial charge on any atom is 0.255 e. The molecule has 0 bridgehead atoms. The molecule has 0 aliphatic heterocycles. The van der Waals surface area contributed by atoms with Crippen molar-refractivity contribution in [2.45, 2.75) is 6.92 Å². The lowest BCUT2D eigenvalue weighted by atomic mass is 10.2. The smallest absolute Gasteiger partial charge is 0.255 e. The third kappa shape index (κ3) is 4.13. The van der Waals surface area contributed by atoms with E-state index in [0.29, 0.717) is 11.4 Å². The molecular formula is C19H19N5O2. The van der Waals surface area contributed by atoms with Gasteiger partial charge in [0, 0.05) is 31.3 Å². The molecule has 3 heterocycles. The molecule has 0 radical (unpaired) electrons. The van der Waals surface area contributed by atoms with Crippen LogP contribution in [0.25, 0.3) is 5.82 Å². The fraction of sp³-hybridized carbons (Fsp3) is 0.158. The molecule has 3 aromatic rings. The summed E-state index contributed by atoms with van der Waals surface area (Å²) in [6.07, 6.45) is 5.26. The molecule has 26 heavy (non-hydrogen) atoms. The standard InChI is InChI=1S/C19H19N5O2/c1-14-6-5-7-16(21-14)22-18(25)13-23(2)19(26)15-8-9-17(20-12-15)24-10-3-4-11-24/h3-12H,13H2,1-2H3,(H,21,22,25). The number of likely N-dealkylation sites (N-methyl/N-ethyl adjacent to an activating group) is 1. The Labute approximate surface area is 151 Å². The minimum atomic E-state index is -0.309. The summed E-state index contributed by atoms with van der Waals surface area (Å²) in [5, 5.41) is 2.68. The summed E-state index contributed by atoms with van der Waals surface area (Å²) in [6, 6.07) is 12.6. The van der Waals surface area contributed by atoms with E-state index in [4.69, 9.17) is 0 Å². The summed E-state index contributed by atoms with van der Waals surface area (Å²) < 4.78 is 1.85. The van der Waals surface area contributed by atoms with Gasteiger partial charge in [-0.25, -0.2) is 9.97 Å². The Kier molecular flexibility index (Phi) is 5.07. The summed E-state index contributed by atoms with van der Waals surface area (Å²) >= 11 is 0. The third-order valence-corrected chi connectivity index (χ3v) is 3.75. The van der Waals surface area contributed by atoms with Crippen molar-refractivity contribution in [1.82, 2.24) is 19.4 Å². The molecule has 0 unspecified atom stereocenters. The lowest BCUT2D eigenvalue weighted by Crippen LogP contribution is -2.35. The van der Waals surface area contributed by atoms with Gasteiger partial charge in [-0.3, -0.25) is 9.59 Å². The van der Waals surface area contributed by atoms with Gasteiger partial charge in [-0.05, 0) is 43.3 Å². The molecule has 0 spiro atoms. The molecule has 0 fully saturated rings. The second kappa shape index (κ2) is 7.60. The second-order valence-corrected chi connectivity index (χ2v) is 5.87. The molecule has 0 atom stereocenters. The second-order valence-electron chi connectivity index (χ2n) is 5.87. The topological polar surface area (TPSA) is 80.1 Å². The summed E-state index contributed by atoms with van der Waals surface area (Å²) in [6.45, 7) is 1.77. The summed E-state index contributed by atoms with van der Waals surface area (Å²) in [4.78, 5) is 34.4. The molecule has 132 valence electrons. The van der Waals surface area contributed by atoms with Gasteiger partial charge in [-0.2, -0.15) is 0 Å². The van der Waals surface area contributed by atoms with Crippen LogP contribution in [0.1, 0.15) is 16.1 Å². The van der Waals surface area contributed by atoms with E-state index in [-0.39, 0.29) is 18.4 Å². The first-order valence-electron chi connectivity index (χ1n) is 8.11. The molecule has 0 aromatic carbocycles. The molecule has 2 amide bonds. The molecule has 1 N–H and O–H groups in total. The van der Waals surface area contributed by atoms with Crippen molar-refractivity contribution < 1.29 is 9.59 Å². The van der Waals surface area contributed by atoms with E-state index in [9.17, 15) is 9.59 Å². The average Bonchev–Trinajstić information content (AvgIpc) is 3.15. The van der Waals surface area contributed by atoms with Gasteiger partial charge in [0.2, 0.25) is 5.91 Å². The number of nitrogens with zero attached hydrogens (tertiary/aromatic N) is 4. The Morgan fingerprint density at radius 3 is 2.54 bits per heavy atom. The number of aryl methyl sites for hydroxylation is 1. The van der Waals surface area contributed by atoms with Crippen LogP contribution in [0.3, 0.4) is 0 Å². The van der Waals surface area contributed by atoms with Gasteiger partial charge < -0.3 is 14.8 Å². The molecule has 0 saturated heterocycles. The highest BCUT2D eigenvalue weighted by molar-refractivity contribution is 5.98. The van der Waals surface area contributed by atoms with E-state index in [1.165, 1.54) is 11.1 Å². The lowest BCUT2D eigenvalue weighted by Gasteiger charge is -2.16. The zero-order valence-electron chi connectivity index (χ0n) is 14.6. The highest BCUT2D eigenvalue weighted by Gasteiger charge is 2.16. The maximum absolute atomic E-state index is 12.5. The third-order valence-electron chi connectivity index (χ3n) is 3.75. The monoisotopic (exact) mass is 349 g/mol. The molecule has 7 nitrogen and oxygen atoms in total. The van der Waals surface area contributed by atoms with Crippen molar-refractivity contribution >= 4 is 17.6 Å². The largest absolute Gasteiger partial charge is 0.332 e. The van der Waals surface area contributed by atoms with Gasteiger partial charge in [0.25, 0.3) is 5.91 Å². The number of hydrogen-bond acceptors (Lipinski definition) is 4. The van der Waals surface area contributed by atoms with E-state index in [0.717, 1.165) is 11.5 Å². The number of carbonyl (C=O) groups excluding carboxylic acids is 2. The Morgan fingerprint density at radius 1 is 1.12 bits per heavy atom. The molecule has 0 saturated carbocycles. The lowest BCUT2D eigenvalue weighted by molar-refractivity contribution is -0.116. The first kappa shape index (κ1) is 17.3. The zero-order valence-corrected chi connectivity index (χ0v) is 14.6. The predicted molar refractivity (Wildman–Crippen MR) is 98.1 cm³/mol. The maximum atomic E-state index is 12.5. The van der Waals surface area contributed by atoms with E-state index in [1.54, 1.807) is 25.2 Å². The van der Waals surface area contributed by atoms with Gasteiger partial charge in [0.15, 0.2) is 0 Å². The van der Waals surface area contributed by atoms with Crippen molar-refractivity contribution in [3.05, 3.63) is 72.3 Å². The number of pyridine rings is 2. The summed E-state index contributed by atoms with van der Waals surface area (Å²) in [7, 11) is 1.57. The summed E-state index contributed by atoms with van der Waals surface area (Å²) in [5.74, 6) is 0.603. The SMILES string of the molecule is Cc1cccc(NC(=O)CN(C)C(=O)c2ccc(-n3cccc3)nc2)n1. The number of rotatable bonds is 5. The van der Waals surface area contributed by atoms with Crippen molar-refractivity contribution in [1.29, 1.82) is 0 Å². The van der Waals surface area contributed by atoms with E-state index >= 15 is 0 Å². The quantitative estimate of drug-likeness (QED) is 0.766. The van der Waals surface area contributed by atoms with Crippen LogP contribution in [0.2, 0.25) is 0 Å². The fourth-order valence-corrected chi connectivity index (χ4v) is 2.46. The van der Waals surface area contributed by atoms with E-state index < -0.39 is 0 Å². The van der Waals surface area contributed by atoms with Crippen LogP contribution in [0, 0.1) is 6.92 Å². The van der Waals surface area contributed by atoms with Crippen LogP contribution in [0.15, 0.2) is 61.1 Å². The van der Waals surface area contributed by atoms with Crippen LogP contribution < -0.4 is 5.32 Å². The minimum Gasteiger partial charge on any atom is -0.332 e. The first-order chi connectivity index (χ1) is 12.5. The zero-order chi connectivity index (χ0) is 18.5. The molecule has 3 aromatic heterocycles. The molecule has 0 aliphatic rings. The number of amides is 2. The van der Waals surface area contributed by atoms with Crippen molar-refractivity contribution in [2.75, 3.05) is 18.9 Å². The van der Waals surface area contributed by atoms with E-state index in [2.05, 4.69) is 15.3 Å². The van der Waals surface area contributed by atoms with Gasteiger partial charge >= 0.3 is 0 Å². The van der Waals surface area contributed by atoms with Crippen LogP contribution in [0.4, 0.5) is 5.82 Å². The van der Waals surface area contributed by atoms with Crippen LogP contribution in [0.5, 0.6) is 0 Å². The number of nitrogens with one attached hydrogen (secondary N) is 1. The van der Waals surface area contributed by atoms with Crippen molar-refractivity contribution in [3.63, 3.8) is 0 Å². The number of aromatic nitrogens is 3. The Balaban J connectivity index is 1.61. The van der Waals surface area contributed by atoms with Crippen molar-refractivity contribution in [3.8, 4) is 5.82 Å². The van der Waals surface area contributed by atoms with Crippen LogP contribution in [-0.4, -0.2) is 44.8 Å². The number of hydrogen-bond donors (Lipinski definition) is 1. The molecular weight excluding hydrogens is 330 g/mol. The highest BCUT2D eigenvalue weighted by Crippen LogP contribution is 2.09. The Morgan fingerprint density at radius 2 is 1.88 bits per heavy atom. The first-order valence-corrected chi connectivity index (χ1v) is 8.11. The fourth-order valence-electron chi connectivity index (χ4n) is 2.46. The van der Waals surface area contributed by atoms with Gasteiger partial charge in [0.1, 0.15) is 11.6 Å². The van der Waals surface area contributed by atoms with Gasteiger partial charge in [-0.1, -0.05) is 6.07 Å². The van der Waals surface area contributed by atoms with Gasteiger partial charge in [-0.15, -0.1) is 0 Å². The number of carbonyl (C=O) groups is 2. The van der Waals surface area contributed by atoms with Crippen LogP contribution >= 0.6 is 0 Å².